The van der Waals surface area contributed by atoms with E-state index < -0.39 is 5.82 Å². The van der Waals surface area contributed by atoms with Crippen LogP contribution in [-0.4, -0.2) is 46.7 Å². The fraction of sp³-hybridized carbons (Fsp3) is 0.214. The van der Waals surface area contributed by atoms with Crippen molar-refractivity contribution in [1.29, 1.82) is 5.26 Å². The van der Waals surface area contributed by atoms with E-state index in [2.05, 4.69) is 15.1 Å². The zero-order chi connectivity index (χ0) is 25.2. The van der Waals surface area contributed by atoms with Gasteiger partial charge < -0.3 is 9.80 Å². The maximum atomic E-state index is 14.3. The Hall–Kier alpha value is -4.09. The minimum absolute atomic E-state index is 0. The van der Waals surface area contributed by atoms with Gasteiger partial charge in [0.2, 0.25) is 5.91 Å². The molecule has 0 radical (unpaired) electrons. The van der Waals surface area contributed by atoms with E-state index in [1.54, 1.807) is 17.0 Å². The van der Waals surface area contributed by atoms with Gasteiger partial charge in [-0.2, -0.15) is 5.26 Å². The van der Waals surface area contributed by atoms with Crippen molar-refractivity contribution in [3.05, 3.63) is 89.5 Å². The first-order valence-corrected chi connectivity index (χ1v) is 11.7. The number of aromatic nitrogens is 2. The van der Waals surface area contributed by atoms with Gasteiger partial charge >= 0.3 is 0 Å². The van der Waals surface area contributed by atoms with E-state index in [9.17, 15) is 13.6 Å². The van der Waals surface area contributed by atoms with Crippen molar-refractivity contribution in [2.24, 2.45) is 0 Å². The van der Waals surface area contributed by atoms with Crippen LogP contribution in [0.25, 0.3) is 22.0 Å². The van der Waals surface area contributed by atoms with Crippen LogP contribution in [0, 0.1) is 23.0 Å². The van der Waals surface area contributed by atoms with Crippen LogP contribution in [-0.2, 0) is 11.2 Å². The van der Waals surface area contributed by atoms with Crippen LogP contribution in [0.3, 0.4) is 0 Å². The lowest BCUT2D eigenvalue weighted by molar-refractivity contribution is -0.131. The average molecular weight is 520 g/mol. The highest BCUT2D eigenvalue weighted by Gasteiger charge is 2.29. The Labute approximate surface area is 219 Å². The Morgan fingerprint density at radius 3 is 2.43 bits per heavy atom. The molecule has 0 N–H and O–H groups in total. The van der Waals surface area contributed by atoms with Crippen LogP contribution in [0.15, 0.2) is 66.7 Å². The predicted molar refractivity (Wildman–Crippen MR) is 140 cm³/mol. The number of halogens is 3. The first-order valence-electron chi connectivity index (χ1n) is 11.7. The van der Waals surface area contributed by atoms with Gasteiger partial charge in [-0.15, -0.1) is 22.6 Å². The van der Waals surface area contributed by atoms with Crippen LogP contribution >= 0.6 is 12.4 Å². The summed E-state index contributed by atoms with van der Waals surface area (Å²) in [5, 5.41) is 19.8. The van der Waals surface area contributed by atoms with Crippen molar-refractivity contribution in [3.63, 3.8) is 0 Å². The predicted octanol–water partition coefficient (Wildman–Crippen LogP) is 5.15. The number of amides is 1. The summed E-state index contributed by atoms with van der Waals surface area (Å²) in [7, 11) is 0. The third-order valence-electron chi connectivity index (χ3n) is 6.56. The van der Waals surface area contributed by atoms with Gasteiger partial charge in [0.25, 0.3) is 0 Å². The van der Waals surface area contributed by atoms with Gasteiger partial charge in [0.05, 0.1) is 18.1 Å². The lowest BCUT2D eigenvalue weighted by atomic mass is 10.0. The Morgan fingerprint density at radius 2 is 1.76 bits per heavy atom. The van der Waals surface area contributed by atoms with Gasteiger partial charge in [-0.3, -0.25) is 4.79 Å². The van der Waals surface area contributed by atoms with Crippen LogP contribution in [0.1, 0.15) is 18.1 Å². The lowest BCUT2D eigenvalue weighted by Gasteiger charge is -2.40. The molecular formula is C28H24ClF2N5O. The molecule has 1 aliphatic heterocycles. The zero-order valence-corrected chi connectivity index (χ0v) is 20.9. The molecule has 0 spiro atoms. The Kier molecular flexibility index (Phi) is 7.65. The van der Waals surface area contributed by atoms with Crippen LogP contribution in [0.2, 0.25) is 0 Å². The van der Waals surface area contributed by atoms with Crippen molar-refractivity contribution in [1.82, 2.24) is 15.1 Å². The molecule has 1 saturated heterocycles. The highest BCUT2D eigenvalue weighted by molar-refractivity contribution is 6.00. The molecule has 0 aliphatic carbocycles. The number of anilines is 1. The number of rotatable bonds is 4. The largest absolute Gasteiger partial charge is 0.348 e. The summed E-state index contributed by atoms with van der Waals surface area (Å²) in [4.78, 5) is 16.8. The molecule has 9 heteroatoms. The van der Waals surface area contributed by atoms with Gasteiger partial charge in [0, 0.05) is 42.0 Å². The van der Waals surface area contributed by atoms with Gasteiger partial charge in [-0.1, -0.05) is 30.3 Å². The van der Waals surface area contributed by atoms with Crippen LogP contribution in [0.5, 0.6) is 0 Å². The fourth-order valence-electron chi connectivity index (χ4n) is 4.66. The second-order valence-electron chi connectivity index (χ2n) is 8.90. The maximum absolute atomic E-state index is 14.3. The minimum Gasteiger partial charge on any atom is -0.348 e. The van der Waals surface area contributed by atoms with Crippen LogP contribution in [0.4, 0.5) is 14.6 Å². The average Bonchev–Trinajstić information content (AvgIpc) is 2.90. The smallest absolute Gasteiger partial charge is 0.227 e. The molecule has 0 saturated carbocycles. The number of nitrogens with zero attached hydrogens (tertiary/aromatic N) is 5. The number of hydrogen-bond acceptors (Lipinski definition) is 5. The third-order valence-corrected chi connectivity index (χ3v) is 6.56. The van der Waals surface area contributed by atoms with E-state index in [1.807, 2.05) is 37.3 Å². The maximum Gasteiger partial charge on any atom is 0.227 e. The Balaban J connectivity index is 0.00000320. The highest BCUT2D eigenvalue weighted by atomic mass is 35.5. The summed E-state index contributed by atoms with van der Waals surface area (Å²) >= 11 is 0. The fourth-order valence-corrected chi connectivity index (χ4v) is 4.66. The third kappa shape index (κ3) is 5.23. The molecule has 0 unspecified atom stereocenters. The monoisotopic (exact) mass is 519 g/mol. The second-order valence-corrected chi connectivity index (χ2v) is 8.90. The summed E-state index contributed by atoms with van der Waals surface area (Å²) in [5.74, 6) is -0.283. The molecular weight excluding hydrogens is 496 g/mol. The molecule has 2 heterocycles. The summed E-state index contributed by atoms with van der Waals surface area (Å²) < 4.78 is 27.7. The normalized spacial score (nSPS) is 15.2. The molecule has 188 valence electrons. The number of piperazine rings is 1. The van der Waals surface area contributed by atoms with Crippen molar-refractivity contribution in [2.75, 3.05) is 24.5 Å². The molecule has 5 rings (SSSR count). The molecule has 1 atom stereocenters. The SMILES string of the molecule is C[C@H]1CN(C(=O)Cc2ccc(C#N)cc2F)CCN1c1nnc(-c2ccc(F)cc2)c2ccccc12.Cl. The van der Waals surface area contributed by atoms with Crippen molar-refractivity contribution in [2.45, 2.75) is 19.4 Å². The number of fused-ring (bicyclic) bond motifs is 1. The van der Waals surface area contributed by atoms with Crippen LogP contribution < -0.4 is 4.90 Å². The minimum atomic E-state index is -0.544. The van der Waals surface area contributed by atoms with E-state index >= 15 is 0 Å². The number of carbonyl (C=O) groups excluding carboxylic acids is 1. The van der Waals surface area contributed by atoms with Gasteiger partial charge in [0.15, 0.2) is 5.82 Å². The molecule has 1 amide bonds. The molecule has 4 aromatic rings. The van der Waals surface area contributed by atoms with Crippen molar-refractivity contribution in [3.8, 4) is 17.3 Å². The quantitative estimate of drug-likeness (QED) is 0.373. The first kappa shape index (κ1) is 26.0. The second kappa shape index (κ2) is 10.9. The number of hydrogen-bond donors (Lipinski definition) is 0. The molecule has 37 heavy (non-hydrogen) atoms. The number of nitriles is 1. The Bertz CT molecular complexity index is 1490. The highest BCUT2D eigenvalue weighted by Crippen LogP contribution is 2.33. The first-order chi connectivity index (χ1) is 17.4. The molecule has 1 fully saturated rings. The summed E-state index contributed by atoms with van der Waals surface area (Å²) in [5.41, 5.74) is 1.97. The summed E-state index contributed by atoms with van der Waals surface area (Å²) in [6.07, 6.45) is -0.0562. The van der Waals surface area contributed by atoms with Gasteiger partial charge in [0.1, 0.15) is 17.3 Å². The number of benzene rings is 3. The molecule has 6 nitrogen and oxygen atoms in total. The van der Waals surface area contributed by atoms with E-state index in [-0.39, 0.29) is 47.7 Å². The lowest BCUT2D eigenvalue weighted by Crippen LogP contribution is -2.54. The van der Waals surface area contributed by atoms with E-state index in [4.69, 9.17) is 5.26 Å². The topological polar surface area (TPSA) is 73.1 Å². The molecule has 0 bridgehead atoms. The molecule has 1 aromatic heterocycles. The van der Waals surface area contributed by atoms with Gasteiger partial charge in [-0.05, 0) is 48.9 Å². The van der Waals surface area contributed by atoms with E-state index in [0.717, 1.165) is 28.2 Å². The van der Waals surface area contributed by atoms with E-state index in [1.165, 1.54) is 24.3 Å². The zero-order valence-electron chi connectivity index (χ0n) is 20.1. The standard InChI is InChI=1S/C28H23F2N5O.ClH/c1-18-17-34(26(36)15-21-7-6-19(16-31)14-25(21)30)12-13-35(18)28-24-5-3-2-4-23(24)27(32-33-28)20-8-10-22(29)11-9-20;/h2-11,14,18H,12-13,15,17H2,1H3;1H/t18-;/m0./s1. The van der Waals surface area contributed by atoms with E-state index in [0.29, 0.717) is 25.3 Å². The Morgan fingerprint density at radius 1 is 1.03 bits per heavy atom. The molecule has 3 aromatic carbocycles. The summed E-state index contributed by atoms with van der Waals surface area (Å²) in [6, 6.07) is 20.1. The van der Waals surface area contributed by atoms with Crippen molar-refractivity contribution < 1.29 is 13.6 Å². The van der Waals surface area contributed by atoms with Crippen molar-refractivity contribution >= 4 is 34.9 Å². The molecule has 1 aliphatic rings. The number of carbonyl (C=O) groups is 1. The summed E-state index contributed by atoms with van der Waals surface area (Å²) in [6.45, 7) is 3.51. The van der Waals surface area contributed by atoms with Gasteiger partial charge in [-0.25, -0.2) is 8.78 Å².